The number of halogens is 1. The first-order chi connectivity index (χ1) is 12.1. The zero-order valence-electron chi connectivity index (χ0n) is 13.6. The van der Waals surface area contributed by atoms with Crippen LogP contribution in [-0.4, -0.2) is 24.6 Å². The van der Waals surface area contributed by atoms with Crippen molar-refractivity contribution in [2.75, 3.05) is 0 Å². The molecule has 0 aliphatic heterocycles. The predicted octanol–water partition coefficient (Wildman–Crippen LogP) is 3.83. The lowest BCUT2D eigenvalue weighted by molar-refractivity contribution is 0.571. The van der Waals surface area contributed by atoms with Crippen molar-refractivity contribution in [1.82, 2.24) is 24.6 Å². The molecule has 0 fully saturated rings. The Hall–Kier alpha value is -2.74. The van der Waals surface area contributed by atoms with Crippen molar-refractivity contribution in [3.63, 3.8) is 0 Å². The van der Waals surface area contributed by atoms with Gasteiger partial charge in [-0.2, -0.15) is 0 Å². The molecule has 0 aliphatic rings. The molecule has 3 aromatic heterocycles. The second-order valence-electron chi connectivity index (χ2n) is 5.56. The minimum Gasteiger partial charge on any atom is -0.444 e. The van der Waals surface area contributed by atoms with Gasteiger partial charge in [-0.15, -0.1) is 10.2 Å². The molecular weight excluding hydrogens is 341 g/mol. The first kappa shape index (κ1) is 15.8. The summed E-state index contributed by atoms with van der Waals surface area (Å²) in [6, 6.07) is 8.06. The van der Waals surface area contributed by atoms with Crippen LogP contribution in [0.5, 0.6) is 0 Å². The Morgan fingerprint density at radius 1 is 1.16 bits per heavy atom. The molecular formula is C17H14FN5OS. The highest BCUT2D eigenvalue weighted by atomic mass is 32.2. The molecule has 0 atom stereocenters. The number of aryl methyl sites for hydroxylation is 2. The molecule has 3 heterocycles. The molecule has 0 bridgehead atoms. The second-order valence-corrected chi connectivity index (χ2v) is 6.51. The van der Waals surface area contributed by atoms with Gasteiger partial charge < -0.3 is 4.42 Å². The standard InChI is InChI=1S/C17H14FN5OS/c1-10-6-15-21-22-17(23(15)11(2)19-10)25-9-14-8-24-16(20-14)12-4-3-5-13(18)7-12/h3-8H,9H2,1-2H3. The van der Waals surface area contributed by atoms with E-state index in [-0.39, 0.29) is 5.82 Å². The van der Waals surface area contributed by atoms with Gasteiger partial charge in [0.05, 0.1) is 5.69 Å². The average Bonchev–Trinajstić information content (AvgIpc) is 3.19. The maximum Gasteiger partial charge on any atom is 0.226 e. The molecule has 6 nitrogen and oxygen atoms in total. The van der Waals surface area contributed by atoms with E-state index in [4.69, 9.17) is 4.42 Å². The third-order valence-corrected chi connectivity index (χ3v) is 4.59. The Kier molecular flexibility index (Phi) is 3.96. The number of fused-ring (bicyclic) bond motifs is 1. The fourth-order valence-electron chi connectivity index (χ4n) is 2.56. The number of hydrogen-bond acceptors (Lipinski definition) is 6. The van der Waals surface area contributed by atoms with Crippen LogP contribution < -0.4 is 0 Å². The molecule has 0 spiro atoms. The number of rotatable bonds is 4. The molecule has 0 saturated heterocycles. The van der Waals surface area contributed by atoms with E-state index in [0.29, 0.717) is 17.2 Å². The van der Waals surface area contributed by atoms with Crippen molar-refractivity contribution in [2.24, 2.45) is 0 Å². The number of benzene rings is 1. The number of nitrogens with zero attached hydrogens (tertiary/aromatic N) is 5. The Morgan fingerprint density at radius 3 is 2.88 bits per heavy atom. The van der Waals surface area contributed by atoms with E-state index in [9.17, 15) is 4.39 Å². The van der Waals surface area contributed by atoms with Crippen molar-refractivity contribution in [3.8, 4) is 11.5 Å². The van der Waals surface area contributed by atoms with Gasteiger partial charge in [-0.05, 0) is 32.0 Å². The summed E-state index contributed by atoms with van der Waals surface area (Å²) in [4.78, 5) is 8.85. The lowest BCUT2D eigenvalue weighted by atomic mass is 10.2. The van der Waals surface area contributed by atoms with Gasteiger partial charge in [0.15, 0.2) is 10.8 Å². The first-order valence-corrected chi connectivity index (χ1v) is 8.61. The van der Waals surface area contributed by atoms with E-state index < -0.39 is 0 Å². The Morgan fingerprint density at radius 2 is 2.04 bits per heavy atom. The van der Waals surface area contributed by atoms with Crippen molar-refractivity contribution >= 4 is 17.4 Å². The third-order valence-electron chi connectivity index (χ3n) is 3.63. The fourth-order valence-corrected chi connectivity index (χ4v) is 3.43. The van der Waals surface area contributed by atoms with Crippen molar-refractivity contribution in [2.45, 2.75) is 24.8 Å². The normalized spacial score (nSPS) is 11.3. The van der Waals surface area contributed by atoms with E-state index in [2.05, 4.69) is 20.2 Å². The van der Waals surface area contributed by atoms with Gasteiger partial charge in [0.25, 0.3) is 0 Å². The SMILES string of the molecule is Cc1cc2nnc(SCc3coc(-c4cccc(F)c4)n3)n2c(C)n1. The van der Waals surface area contributed by atoms with Gasteiger partial charge in [-0.25, -0.2) is 14.4 Å². The van der Waals surface area contributed by atoms with Crippen LogP contribution in [0.25, 0.3) is 17.1 Å². The molecule has 126 valence electrons. The largest absolute Gasteiger partial charge is 0.444 e. The average molecular weight is 355 g/mol. The van der Waals surface area contributed by atoms with Gasteiger partial charge in [0.2, 0.25) is 5.89 Å². The quantitative estimate of drug-likeness (QED) is 0.518. The summed E-state index contributed by atoms with van der Waals surface area (Å²) >= 11 is 1.49. The van der Waals surface area contributed by atoms with Crippen LogP contribution in [0.1, 0.15) is 17.2 Å². The lowest BCUT2D eigenvalue weighted by Gasteiger charge is -2.02. The summed E-state index contributed by atoms with van der Waals surface area (Å²) in [7, 11) is 0. The van der Waals surface area contributed by atoms with Gasteiger partial charge in [-0.1, -0.05) is 17.8 Å². The minimum atomic E-state index is -0.320. The summed E-state index contributed by atoms with van der Waals surface area (Å²) in [5, 5.41) is 9.14. The summed E-state index contributed by atoms with van der Waals surface area (Å²) in [5.74, 6) is 1.48. The molecule has 0 aliphatic carbocycles. The van der Waals surface area contributed by atoms with Crippen LogP contribution in [0.4, 0.5) is 4.39 Å². The fraction of sp³-hybridized carbons (Fsp3) is 0.176. The molecule has 4 rings (SSSR count). The van der Waals surface area contributed by atoms with Crippen molar-refractivity contribution in [3.05, 3.63) is 59.6 Å². The van der Waals surface area contributed by atoms with Crippen molar-refractivity contribution < 1.29 is 8.81 Å². The highest BCUT2D eigenvalue weighted by Gasteiger charge is 2.12. The van der Waals surface area contributed by atoms with Crippen LogP contribution in [0, 0.1) is 19.7 Å². The van der Waals surface area contributed by atoms with E-state index in [1.165, 1.54) is 23.9 Å². The molecule has 0 amide bonds. The zero-order chi connectivity index (χ0) is 17.4. The topological polar surface area (TPSA) is 69.1 Å². The van der Waals surface area contributed by atoms with E-state index in [0.717, 1.165) is 28.0 Å². The number of oxazole rings is 1. The molecule has 1 aromatic carbocycles. The molecule has 4 aromatic rings. The van der Waals surface area contributed by atoms with E-state index >= 15 is 0 Å². The Bertz CT molecular complexity index is 1060. The zero-order valence-corrected chi connectivity index (χ0v) is 14.4. The molecule has 25 heavy (non-hydrogen) atoms. The Labute approximate surface area is 147 Å². The predicted molar refractivity (Wildman–Crippen MR) is 91.7 cm³/mol. The number of aromatic nitrogens is 5. The summed E-state index contributed by atoms with van der Waals surface area (Å²) in [5.41, 5.74) is 3.04. The molecule has 0 radical (unpaired) electrons. The third kappa shape index (κ3) is 3.12. The summed E-state index contributed by atoms with van der Waals surface area (Å²) in [6.07, 6.45) is 1.58. The number of thioether (sulfide) groups is 1. The van der Waals surface area contributed by atoms with Gasteiger partial charge in [0.1, 0.15) is 17.9 Å². The van der Waals surface area contributed by atoms with Gasteiger partial charge in [0, 0.05) is 23.1 Å². The molecule has 0 saturated carbocycles. The molecule has 8 heteroatoms. The highest BCUT2D eigenvalue weighted by molar-refractivity contribution is 7.98. The van der Waals surface area contributed by atoms with Crippen LogP contribution in [0.15, 0.2) is 46.2 Å². The van der Waals surface area contributed by atoms with Crippen LogP contribution in [0.2, 0.25) is 0 Å². The van der Waals surface area contributed by atoms with Crippen molar-refractivity contribution in [1.29, 1.82) is 0 Å². The van der Waals surface area contributed by atoms with E-state index in [1.807, 2.05) is 24.3 Å². The van der Waals surface area contributed by atoms with Crippen LogP contribution in [-0.2, 0) is 5.75 Å². The molecule has 0 unspecified atom stereocenters. The van der Waals surface area contributed by atoms with Crippen LogP contribution in [0.3, 0.4) is 0 Å². The van der Waals surface area contributed by atoms with Gasteiger partial charge >= 0.3 is 0 Å². The van der Waals surface area contributed by atoms with Crippen LogP contribution >= 0.6 is 11.8 Å². The first-order valence-electron chi connectivity index (χ1n) is 7.63. The maximum absolute atomic E-state index is 13.3. The summed E-state index contributed by atoms with van der Waals surface area (Å²) < 4.78 is 20.7. The smallest absolute Gasteiger partial charge is 0.226 e. The monoisotopic (exact) mass is 355 g/mol. The summed E-state index contributed by atoms with van der Waals surface area (Å²) in [6.45, 7) is 3.85. The van der Waals surface area contributed by atoms with Gasteiger partial charge in [-0.3, -0.25) is 4.40 Å². The second kappa shape index (κ2) is 6.29. The number of hydrogen-bond donors (Lipinski definition) is 0. The molecule has 0 N–H and O–H groups in total. The lowest BCUT2D eigenvalue weighted by Crippen LogP contribution is -1.98. The minimum absolute atomic E-state index is 0.320. The Balaban J connectivity index is 1.55. The maximum atomic E-state index is 13.3. The van der Waals surface area contributed by atoms with E-state index in [1.54, 1.807) is 18.4 Å². The highest BCUT2D eigenvalue weighted by Crippen LogP contribution is 2.25.